The van der Waals surface area contributed by atoms with E-state index in [1.165, 1.54) is 7.11 Å². The third-order valence-electron chi connectivity index (χ3n) is 3.32. The van der Waals surface area contributed by atoms with Crippen LogP contribution in [0.1, 0.15) is 17.2 Å². The van der Waals surface area contributed by atoms with Gasteiger partial charge in [-0.1, -0.05) is 12.1 Å². The van der Waals surface area contributed by atoms with Crippen LogP contribution in [0.15, 0.2) is 28.0 Å². The molecular formula is C13H13N5O3S. The van der Waals surface area contributed by atoms with E-state index in [1.54, 1.807) is 18.2 Å². The van der Waals surface area contributed by atoms with Gasteiger partial charge in [0.1, 0.15) is 11.9 Å². The van der Waals surface area contributed by atoms with Crippen LogP contribution in [0.3, 0.4) is 0 Å². The highest BCUT2D eigenvalue weighted by molar-refractivity contribution is 7.71. The predicted molar refractivity (Wildman–Crippen MR) is 84.0 cm³/mol. The lowest BCUT2D eigenvalue weighted by molar-refractivity contribution is 0.369. The van der Waals surface area contributed by atoms with Crippen molar-refractivity contribution in [2.75, 3.05) is 12.4 Å². The second-order valence-corrected chi connectivity index (χ2v) is 5.05. The largest absolute Gasteiger partial charge is 0.504 e. The van der Waals surface area contributed by atoms with Crippen LogP contribution < -0.4 is 21.3 Å². The molecule has 0 saturated carbocycles. The summed E-state index contributed by atoms with van der Waals surface area (Å²) in [4.78, 5) is 21.8. The number of benzene rings is 1. The Morgan fingerprint density at radius 2 is 2.18 bits per heavy atom. The van der Waals surface area contributed by atoms with Crippen molar-refractivity contribution in [3.8, 4) is 11.5 Å². The maximum Gasteiger partial charge on any atom is 0.259 e. The minimum absolute atomic E-state index is 0.0961. The summed E-state index contributed by atoms with van der Waals surface area (Å²) in [6, 6.07) is 4.18. The fourth-order valence-electron chi connectivity index (χ4n) is 2.37. The number of phenols is 1. The lowest BCUT2D eigenvalue weighted by Gasteiger charge is -2.23. The van der Waals surface area contributed by atoms with Gasteiger partial charge in [-0.2, -0.15) is 0 Å². The third-order valence-corrected chi connectivity index (χ3v) is 3.52. The summed E-state index contributed by atoms with van der Waals surface area (Å²) < 4.78 is 5.25. The molecule has 1 unspecified atom stereocenters. The molecule has 6 N–H and O–H groups in total. The number of aromatic amines is 2. The van der Waals surface area contributed by atoms with Crippen LogP contribution in [0, 0.1) is 4.77 Å². The van der Waals surface area contributed by atoms with Crippen LogP contribution >= 0.6 is 12.2 Å². The summed E-state index contributed by atoms with van der Waals surface area (Å²) in [5.41, 5.74) is 6.04. The van der Waals surface area contributed by atoms with Gasteiger partial charge in [0.25, 0.3) is 5.56 Å². The number of ether oxygens (including phenoxy) is 1. The lowest BCUT2D eigenvalue weighted by Crippen LogP contribution is -2.33. The van der Waals surface area contributed by atoms with Crippen LogP contribution in [0.2, 0.25) is 0 Å². The summed E-state index contributed by atoms with van der Waals surface area (Å²) in [5, 5.41) is 13.1. The summed E-state index contributed by atoms with van der Waals surface area (Å²) in [6.45, 7) is 0. The number of aromatic hydroxyl groups is 1. The van der Waals surface area contributed by atoms with Crippen molar-refractivity contribution in [1.29, 1.82) is 0 Å². The molecule has 0 amide bonds. The molecule has 1 aliphatic heterocycles. The number of aromatic nitrogens is 2. The van der Waals surface area contributed by atoms with Gasteiger partial charge in [0.2, 0.25) is 0 Å². The quantitative estimate of drug-likeness (QED) is 0.525. The van der Waals surface area contributed by atoms with E-state index >= 15 is 0 Å². The highest BCUT2D eigenvalue weighted by atomic mass is 32.1. The van der Waals surface area contributed by atoms with E-state index in [4.69, 9.17) is 22.7 Å². The monoisotopic (exact) mass is 319 g/mol. The van der Waals surface area contributed by atoms with Crippen molar-refractivity contribution in [2.45, 2.75) is 6.04 Å². The Hall–Kier alpha value is -2.81. The number of methoxy groups -OCH3 is 1. The molecule has 0 saturated heterocycles. The first-order valence-electron chi connectivity index (χ1n) is 6.34. The molecule has 0 bridgehead atoms. The summed E-state index contributed by atoms with van der Waals surface area (Å²) in [7, 11) is 1.44. The Balaban J connectivity index is 2.26. The highest BCUT2D eigenvalue weighted by Crippen LogP contribution is 2.39. The molecule has 9 heteroatoms. The number of nitrogens with two attached hydrogens (primary N) is 1. The minimum Gasteiger partial charge on any atom is -0.504 e. The Bertz CT molecular complexity index is 886. The number of nitrogens with zero attached hydrogens (tertiary/aromatic N) is 1. The number of rotatable bonds is 2. The second kappa shape index (κ2) is 5.19. The van der Waals surface area contributed by atoms with Crippen molar-refractivity contribution < 1.29 is 9.84 Å². The van der Waals surface area contributed by atoms with Gasteiger partial charge in [0, 0.05) is 5.56 Å². The van der Waals surface area contributed by atoms with Crippen molar-refractivity contribution in [3.63, 3.8) is 0 Å². The van der Waals surface area contributed by atoms with Gasteiger partial charge in [-0.15, -0.1) is 0 Å². The molecule has 2 aromatic rings. The first kappa shape index (κ1) is 14.1. The maximum absolute atomic E-state index is 12.2. The molecule has 0 radical (unpaired) electrons. The molecule has 0 aliphatic carbocycles. The molecule has 114 valence electrons. The molecule has 1 aromatic carbocycles. The molecule has 1 aromatic heterocycles. The van der Waals surface area contributed by atoms with Gasteiger partial charge in [-0.25, -0.2) is 4.99 Å². The van der Waals surface area contributed by atoms with Crippen LogP contribution in [0.5, 0.6) is 11.5 Å². The Morgan fingerprint density at radius 1 is 1.41 bits per heavy atom. The molecule has 8 nitrogen and oxygen atoms in total. The molecule has 0 fully saturated rings. The van der Waals surface area contributed by atoms with Crippen LogP contribution in [0.25, 0.3) is 0 Å². The number of para-hydroxylation sites is 1. The number of fused-ring (bicyclic) bond motifs is 1. The number of nitrogens with one attached hydrogen (secondary N) is 3. The number of phenolic OH excluding ortho intramolecular Hbond substituents is 1. The molecule has 3 rings (SSSR count). The zero-order valence-corrected chi connectivity index (χ0v) is 12.3. The van der Waals surface area contributed by atoms with Gasteiger partial charge in [-0.05, 0) is 18.3 Å². The topological polar surface area (TPSA) is 129 Å². The standard InChI is InChI=1S/C13H13N5O3S/c1-21-6-4-2-3-5(9(6)19)8-7-10(16-12(14)15-8)17-13(22)18-11(7)20/h2-4,8,19H,1H3,(H5,14,15,16,17,18,20,22). The SMILES string of the molecule is COc1cccc(C2N=C(N)Nc3[nH]c(=S)[nH]c(=O)c32)c1O. The van der Waals surface area contributed by atoms with E-state index in [2.05, 4.69) is 20.3 Å². The molecule has 22 heavy (non-hydrogen) atoms. The number of guanidine groups is 1. The van der Waals surface area contributed by atoms with Gasteiger partial charge in [0.15, 0.2) is 22.2 Å². The fourth-order valence-corrected chi connectivity index (χ4v) is 2.56. The highest BCUT2D eigenvalue weighted by Gasteiger charge is 2.29. The molecule has 2 heterocycles. The molecule has 1 aliphatic rings. The number of aliphatic imine (C=N–C) groups is 1. The van der Waals surface area contributed by atoms with Gasteiger partial charge < -0.3 is 25.9 Å². The van der Waals surface area contributed by atoms with E-state index < -0.39 is 11.6 Å². The maximum atomic E-state index is 12.2. The number of H-pyrrole nitrogens is 2. The van der Waals surface area contributed by atoms with E-state index in [1.807, 2.05) is 0 Å². The van der Waals surface area contributed by atoms with Gasteiger partial charge >= 0.3 is 0 Å². The third kappa shape index (κ3) is 2.21. The zero-order chi connectivity index (χ0) is 15.9. The molecular weight excluding hydrogens is 306 g/mol. The average Bonchev–Trinajstić information content (AvgIpc) is 2.45. The van der Waals surface area contributed by atoms with Crippen molar-refractivity contribution in [3.05, 3.63) is 44.5 Å². The second-order valence-electron chi connectivity index (χ2n) is 4.64. The van der Waals surface area contributed by atoms with E-state index in [0.717, 1.165) is 0 Å². The Kier molecular flexibility index (Phi) is 3.33. The first-order chi connectivity index (χ1) is 10.5. The minimum atomic E-state index is -0.776. The predicted octanol–water partition coefficient (Wildman–Crippen LogP) is 0.976. The summed E-state index contributed by atoms with van der Waals surface area (Å²) in [6.07, 6.45) is 0. The average molecular weight is 319 g/mol. The Labute approximate surface area is 129 Å². The lowest BCUT2D eigenvalue weighted by atomic mass is 9.98. The number of anilines is 1. The number of hydrogen-bond donors (Lipinski definition) is 5. The van der Waals surface area contributed by atoms with Gasteiger partial charge in [0.05, 0.1) is 12.7 Å². The summed E-state index contributed by atoms with van der Waals surface area (Å²) in [5.74, 6) is 0.650. The van der Waals surface area contributed by atoms with E-state index in [9.17, 15) is 9.90 Å². The van der Waals surface area contributed by atoms with E-state index in [0.29, 0.717) is 11.4 Å². The molecule has 1 atom stereocenters. The zero-order valence-electron chi connectivity index (χ0n) is 11.5. The van der Waals surface area contributed by atoms with Crippen LogP contribution in [-0.2, 0) is 0 Å². The molecule has 0 spiro atoms. The van der Waals surface area contributed by atoms with Crippen molar-refractivity contribution in [2.24, 2.45) is 10.7 Å². The van der Waals surface area contributed by atoms with Crippen molar-refractivity contribution in [1.82, 2.24) is 9.97 Å². The Morgan fingerprint density at radius 3 is 2.91 bits per heavy atom. The fraction of sp³-hybridized carbons (Fsp3) is 0.154. The van der Waals surface area contributed by atoms with E-state index in [-0.39, 0.29) is 27.8 Å². The smallest absolute Gasteiger partial charge is 0.259 e. The summed E-state index contributed by atoms with van der Waals surface area (Å²) >= 11 is 4.94. The number of hydrogen-bond acceptors (Lipinski definition) is 7. The normalized spacial score (nSPS) is 16.4. The van der Waals surface area contributed by atoms with Crippen LogP contribution in [0.4, 0.5) is 5.82 Å². The van der Waals surface area contributed by atoms with Gasteiger partial charge in [-0.3, -0.25) is 9.78 Å². The first-order valence-corrected chi connectivity index (χ1v) is 6.74. The van der Waals surface area contributed by atoms with Crippen LogP contribution in [-0.4, -0.2) is 28.1 Å². The van der Waals surface area contributed by atoms with Crippen molar-refractivity contribution >= 4 is 24.0 Å².